The molecule has 0 spiro atoms. The SMILES string of the molecule is Cc1c(C)c(C)c(C(=N)c2c(C)c(C)c(C)c(C)c2C)c(C)c1C. The van der Waals surface area contributed by atoms with Gasteiger partial charge in [-0.2, -0.15) is 0 Å². The molecule has 0 aromatic heterocycles. The highest BCUT2D eigenvalue weighted by Crippen LogP contribution is 2.32. The van der Waals surface area contributed by atoms with Crippen molar-refractivity contribution in [2.45, 2.75) is 69.2 Å². The third kappa shape index (κ3) is 2.51. The van der Waals surface area contributed by atoms with E-state index in [1.54, 1.807) is 0 Å². The molecule has 0 amide bonds. The van der Waals surface area contributed by atoms with Crippen molar-refractivity contribution in [2.75, 3.05) is 0 Å². The second-order valence-corrected chi connectivity index (χ2v) is 7.38. The topological polar surface area (TPSA) is 23.9 Å². The Morgan fingerprint density at radius 3 is 0.750 bits per heavy atom. The zero-order chi connectivity index (χ0) is 18.5. The van der Waals surface area contributed by atoms with Gasteiger partial charge in [0, 0.05) is 11.1 Å². The van der Waals surface area contributed by atoms with E-state index in [2.05, 4.69) is 69.2 Å². The van der Waals surface area contributed by atoms with Gasteiger partial charge >= 0.3 is 0 Å². The molecule has 128 valence electrons. The van der Waals surface area contributed by atoms with E-state index in [9.17, 15) is 0 Å². The van der Waals surface area contributed by atoms with Crippen LogP contribution in [0.1, 0.15) is 66.8 Å². The van der Waals surface area contributed by atoms with E-state index in [0.717, 1.165) is 11.1 Å². The van der Waals surface area contributed by atoms with Crippen LogP contribution in [0.2, 0.25) is 0 Å². The van der Waals surface area contributed by atoms with E-state index in [4.69, 9.17) is 5.41 Å². The monoisotopic (exact) mass is 321 g/mol. The lowest BCUT2D eigenvalue weighted by atomic mass is 9.81. The molecule has 2 aromatic carbocycles. The molecule has 0 radical (unpaired) electrons. The standard InChI is InChI=1S/C23H31N/c1-11-13(3)17(7)21(18(8)14(11)4)23(24)22-19(9)15(5)12(2)16(6)20(22)10/h24H,1-10H3. The van der Waals surface area contributed by atoms with E-state index >= 15 is 0 Å². The first kappa shape index (κ1) is 18.4. The van der Waals surface area contributed by atoms with Crippen LogP contribution in [0.5, 0.6) is 0 Å². The fraction of sp³-hybridized carbons (Fsp3) is 0.435. The Morgan fingerprint density at radius 1 is 0.375 bits per heavy atom. The largest absolute Gasteiger partial charge is 0.300 e. The fourth-order valence-corrected chi connectivity index (χ4v) is 3.88. The maximum Gasteiger partial charge on any atom is 0.0695 e. The van der Waals surface area contributed by atoms with E-state index in [1.165, 1.54) is 55.6 Å². The summed E-state index contributed by atoms with van der Waals surface area (Å²) in [5, 5.41) is 9.06. The molecule has 0 aliphatic rings. The van der Waals surface area contributed by atoms with E-state index < -0.39 is 0 Å². The van der Waals surface area contributed by atoms with E-state index in [0.29, 0.717) is 5.71 Å². The second-order valence-electron chi connectivity index (χ2n) is 7.38. The van der Waals surface area contributed by atoms with Crippen molar-refractivity contribution < 1.29 is 0 Å². The number of benzene rings is 2. The molecule has 0 fully saturated rings. The second kappa shape index (κ2) is 6.20. The smallest absolute Gasteiger partial charge is 0.0695 e. The van der Waals surface area contributed by atoms with Gasteiger partial charge in [0.15, 0.2) is 0 Å². The number of hydrogen-bond donors (Lipinski definition) is 1. The van der Waals surface area contributed by atoms with Gasteiger partial charge < -0.3 is 0 Å². The summed E-state index contributed by atoms with van der Waals surface area (Å²) in [4.78, 5) is 0. The minimum absolute atomic E-state index is 0.678. The molecule has 0 aliphatic heterocycles. The maximum absolute atomic E-state index is 9.06. The summed E-state index contributed by atoms with van der Waals surface area (Å²) in [7, 11) is 0. The zero-order valence-corrected chi connectivity index (χ0v) is 17.0. The number of nitrogens with one attached hydrogen (secondary N) is 1. The highest BCUT2D eigenvalue weighted by Gasteiger charge is 2.21. The summed E-state index contributed by atoms with van der Waals surface area (Å²) in [6, 6.07) is 0. The molecule has 1 nitrogen and oxygen atoms in total. The summed E-state index contributed by atoms with van der Waals surface area (Å²) in [5.74, 6) is 0. The normalized spacial score (nSPS) is 11.1. The highest BCUT2D eigenvalue weighted by atomic mass is 14.5. The van der Waals surface area contributed by atoms with Crippen molar-refractivity contribution in [1.82, 2.24) is 0 Å². The van der Waals surface area contributed by atoms with Gasteiger partial charge in [-0.25, -0.2) is 0 Å². The molecular weight excluding hydrogens is 290 g/mol. The lowest BCUT2D eigenvalue weighted by Crippen LogP contribution is -2.15. The van der Waals surface area contributed by atoms with Gasteiger partial charge in [0.25, 0.3) is 0 Å². The van der Waals surface area contributed by atoms with Gasteiger partial charge in [-0.05, 0) is 125 Å². The summed E-state index contributed by atoms with van der Waals surface area (Å²) in [5.41, 5.74) is 15.9. The molecule has 24 heavy (non-hydrogen) atoms. The molecule has 0 aliphatic carbocycles. The predicted molar refractivity (Wildman–Crippen MR) is 106 cm³/mol. The van der Waals surface area contributed by atoms with Crippen LogP contribution < -0.4 is 0 Å². The molecule has 0 bridgehead atoms. The Hall–Kier alpha value is -1.89. The number of rotatable bonds is 2. The van der Waals surface area contributed by atoms with Gasteiger partial charge in [0.05, 0.1) is 5.71 Å². The van der Waals surface area contributed by atoms with Crippen molar-refractivity contribution >= 4 is 5.71 Å². The van der Waals surface area contributed by atoms with Crippen molar-refractivity contribution in [1.29, 1.82) is 5.41 Å². The highest BCUT2D eigenvalue weighted by molar-refractivity contribution is 6.15. The Bertz CT molecular complexity index is 737. The fourth-order valence-electron chi connectivity index (χ4n) is 3.88. The predicted octanol–water partition coefficient (Wildman–Crippen LogP) is 6.19. The van der Waals surface area contributed by atoms with Gasteiger partial charge in [0.1, 0.15) is 0 Å². The third-order valence-corrected chi connectivity index (χ3v) is 6.50. The van der Waals surface area contributed by atoms with Crippen LogP contribution >= 0.6 is 0 Å². The maximum atomic E-state index is 9.06. The van der Waals surface area contributed by atoms with Crippen LogP contribution in [-0.2, 0) is 0 Å². The minimum atomic E-state index is 0.678. The van der Waals surface area contributed by atoms with Crippen LogP contribution in [0, 0.1) is 74.6 Å². The molecule has 0 saturated carbocycles. The molecule has 1 N–H and O–H groups in total. The molecule has 2 rings (SSSR count). The van der Waals surface area contributed by atoms with Crippen LogP contribution in [0.3, 0.4) is 0 Å². The van der Waals surface area contributed by atoms with Crippen LogP contribution in [0.4, 0.5) is 0 Å². The van der Waals surface area contributed by atoms with Crippen molar-refractivity contribution in [3.05, 3.63) is 66.8 Å². The molecule has 2 aromatic rings. The summed E-state index contributed by atoms with van der Waals surface area (Å²) >= 11 is 0. The van der Waals surface area contributed by atoms with Crippen molar-refractivity contribution in [2.24, 2.45) is 0 Å². The van der Waals surface area contributed by atoms with E-state index in [-0.39, 0.29) is 0 Å². The summed E-state index contributed by atoms with van der Waals surface area (Å²) in [6.07, 6.45) is 0. The van der Waals surface area contributed by atoms with Gasteiger partial charge in [0.2, 0.25) is 0 Å². The molecule has 0 unspecified atom stereocenters. The van der Waals surface area contributed by atoms with Gasteiger partial charge in [-0.15, -0.1) is 0 Å². The Balaban J connectivity index is 2.87. The quantitative estimate of drug-likeness (QED) is 0.638. The van der Waals surface area contributed by atoms with Crippen LogP contribution in [0.25, 0.3) is 0 Å². The molecular formula is C23H31N. The Morgan fingerprint density at radius 2 is 0.542 bits per heavy atom. The lowest BCUT2D eigenvalue weighted by Gasteiger charge is -2.23. The van der Waals surface area contributed by atoms with Crippen molar-refractivity contribution in [3.8, 4) is 0 Å². The van der Waals surface area contributed by atoms with Gasteiger partial charge in [-0.3, -0.25) is 5.41 Å². The first-order valence-electron chi connectivity index (χ1n) is 8.75. The molecule has 1 heteroatoms. The molecule has 0 saturated heterocycles. The summed E-state index contributed by atoms with van der Waals surface area (Å²) in [6.45, 7) is 21.8. The van der Waals surface area contributed by atoms with Crippen LogP contribution in [-0.4, -0.2) is 5.71 Å². The molecule has 0 atom stereocenters. The first-order valence-corrected chi connectivity index (χ1v) is 8.75. The Kier molecular flexibility index (Phi) is 4.77. The summed E-state index contributed by atoms with van der Waals surface area (Å²) < 4.78 is 0. The molecule has 0 heterocycles. The lowest BCUT2D eigenvalue weighted by molar-refractivity contribution is 1.14. The van der Waals surface area contributed by atoms with Gasteiger partial charge in [-0.1, -0.05) is 0 Å². The first-order chi connectivity index (χ1) is 11.0. The van der Waals surface area contributed by atoms with Crippen LogP contribution in [0.15, 0.2) is 0 Å². The average Bonchev–Trinajstić information content (AvgIpc) is 2.55. The van der Waals surface area contributed by atoms with Crippen molar-refractivity contribution in [3.63, 3.8) is 0 Å². The number of hydrogen-bond acceptors (Lipinski definition) is 1. The average molecular weight is 322 g/mol. The third-order valence-electron chi connectivity index (χ3n) is 6.50. The minimum Gasteiger partial charge on any atom is -0.300 e. The zero-order valence-electron chi connectivity index (χ0n) is 17.0. The van der Waals surface area contributed by atoms with E-state index in [1.807, 2.05) is 0 Å². The Labute approximate surface area is 147 Å².